The van der Waals surface area contributed by atoms with Crippen LogP contribution in [-0.2, 0) is 20.5 Å². The number of Topliss-reactive ketones (excluding diaryl/α,β-unsaturated/α-hetero) is 1. The molecule has 0 bridgehead atoms. The van der Waals surface area contributed by atoms with Crippen molar-refractivity contribution >= 4 is 23.2 Å². The molecule has 1 fully saturated rings. The minimum atomic E-state index is -0.306. The quantitative estimate of drug-likeness (QED) is 0.668. The smallest absolute Gasteiger partial charge is 0.332 e. The van der Waals surface area contributed by atoms with E-state index in [-0.39, 0.29) is 17.0 Å². The first kappa shape index (κ1) is 21.3. The standard InChI is InChI=1S/C21H27ClN4O3/c1-15(27)18-13-17(22)7-6-16(18)5-4-8-25-9-11-26(12-10-25)19-14-20(28)24(3)21(29)23(19)2/h6-7,13-14H,4-5,8-12H2,1-3H3. The van der Waals surface area contributed by atoms with Gasteiger partial charge in [0.1, 0.15) is 5.82 Å². The predicted octanol–water partition coefficient (Wildman–Crippen LogP) is 1.69. The van der Waals surface area contributed by atoms with Crippen molar-refractivity contribution in [1.82, 2.24) is 14.0 Å². The first-order valence-corrected chi connectivity index (χ1v) is 10.2. The van der Waals surface area contributed by atoms with Gasteiger partial charge in [-0.15, -0.1) is 0 Å². The van der Waals surface area contributed by atoms with Gasteiger partial charge in [-0.25, -0.2) is 4.79 Å². The number of hydrogen-bond donors (Lipinski definition) is 0. The largest absolute Gasteiger partial charge is 0.355 e. The normalized spacial score (nSPS) is 15.0. The van der Waals surface area contributed by atoms with Crippen LogP contribution in [0.4, 0.5) is 5.82 Å². The molecule has 7 nitrogen and oxygen atoms in total. The summed E-state index contributed by atoms with van der Waals surface area (Å²) in [6.07, 6.45) is 1.78. The number of carbonyl (C=O) groups is 1. The first-order valence-electron chi connectivity index (χ1n) is 9.81. The SMILES string of the molecule is CC(=O)c1cc(Cl)ccc1CCCN1CCN(c2cc(=O)n(C)c(=O)n2C)CC1. The van der Waals surface area contributed by atoms with Gasteiger partial charge in [-0.2, -0.15) is 0 Å². The van der Waals surface area contributed by atoms with Crippen molar-refractivity contribution in [2.24, 2.45) is 14.1 Å². The molecule has 1 aliphatic rings. The Morgan fingerprint density at radius 1 is 1.03 bits per heavy atom. The number of hydrogen-bond acceptors (Lipinski definition) is 5. The zero-order valence-electron chi connectivity index (χ0n) is 17.2. The van der Waals surface area contributed by atoms with E-state index in [1.165, 1.54) is 17.7 Å². The molecular weight excluding hydrogens is 392 g/mol. The van der Waals surface area contributed by atoms with Crippen molar-refractivity contribution in [3.63, 3.8) is 0 Å². The fraction of sp³-hybridized carbons (Fsp3) is 0.476. The summed E-state index contributed by atoms with van der Waals surface area (Å²) in [4.78, 5) is 40.4. The van der Waals surface area contributed by atoms with Gasteiger partial charge < -0.3 is 4.90 Å². The average molecular weight is 419 g/mol. The monoisotopic (exact) mass is 418 g/mol. The minimum Gasteiger partial charge on any atom is -0.355 e. The Kier molecular flexibility index (Phi) is 6.59. The van der Waals surface area contributed by atoms with Gasteiger partial charge >= 0.3 is 5.69 Å². The molecule has 0 aliphatic carbocycles. The molecule has 1 aromatic carbocycles. The van der Waals surface area contributed by atoms with Gasteiger partial charge in [0, 0.05) is 56.9 Å². The van der Waals surface area contributed by atoms with Crippen LogP contribution in [-0.4, -0.2) is 52.5 Å². The molecule has 29 heavy (non-hydrogen) atoms. The van der Waals surface area contributed by atoms with Crippen molar-refractivity contribution < 1.29 is 4.79 Å². The van der Waals surface area contributed by atoms with Gasteiger partial charge in [-0.1, -0.05) is 17.7 Å². The number of benzene rings is 1. The Morgan fingerprint density at radius 3 is 2.38 bits per heavy atom. The maximum Gasteiger partial charge on any atom is 0.332 e. The predicted molar refractivity (Wildman–Crippen MR) is 115 cm³/mol. The zero-order valence-corrected chi connectivity index (χ0v) is 17.9. The molecule has 0 N–H and O–H groups in total. The molecular formula is C21H27ClN4O3. The van der Waals surface area contributed by atoms with E-state index in [9.17, 15) is 14.4 Å². The average Bonchev–Trinajstić information content (AvgIpc) is 2.70. The number of nitrogens with zero attached hydrogens (tertiary/aromatic N) is 4. The van der Waals surface area contributed by atoms with Crippen LogP contribution in [0.25, 0.3) is 0 Å². The second-order valence-electron chi connectivity index (χ2n) is 7.53. The number of aryl methyl sites for hydroxylation is 1. The number of aromatic nitrogens is 2. The van der Waals surface area contributed by atoms with Crippen LogP contribution < -0.4 is 16.1 Å². The van der Waals surface area contributed by atoms with Gasteiger partial charge in [0.2, 0.25) is 0 Å². The lowest BCUT2D eigenvalue weighted by molar-refractivity contribution is 0.101. The fourth-order valence-corrected chi connectivity index (χ4v) is 3.98. The molecule has 0 unspecified atom stereocenters. The van der Waals surface area contributed by atoms with Crippen molar-refractivity contribution in [1.29, 1.82) is 0 Å². The molecule has 2 aromatic rings. The number of anilines is 1. The van der Waals surface area contributed by atoms with Gasteiger partial charge in [0.05, 0.1) is 0 Å². The number of halogens is 1. The molecule has 156 valence electrons. The van der Waals surface area contributed by atoms with Crippen LogP contribution >= 0.6 is 11.6 Å². The minimum absolute atomic E-state index is 0.0377. The molecule has 2 heterocycles. The Morgan fingerprint density at radius 2 is 1.72 bits per heavy atom. The molecule has 8 heteroatoms. The van der Waals surface area contributed by atoms with E-state index >= 15 is 0 Å². The van der Waals surface area contributed by atoms with Crippen molar-refractivity contribution in [3.8, 4) is 0 Å². The van der Waals surface area contributed by atoms with E-state index in [2.05, 4.69) is 9.80 Å². The second kappa shape index (κ2) is 8.97. The van der Waals surface area contributed by atoms with Crippen LogP contribution in [0.5, 0.6) is 0 Å². The number of carbonyl (C=O) groups excluding carboxylic acids is 1. The highest BCUT2D eigenvalue weighted by Gasteiger charge is 2.20. The molecule has 1 aromatic heterocycles. The highest BCUT2D eigenvalue weighted by molar-refractivity contribution is 6.31. The lowest BCUT2D eigenvalue weighted by Gasteiger charge is -2.36. The summed E-state index contributed by atoms with van der Waals surface area (Å²) in [6, 6.07) is 7.04. The van der Waals surface area contributed by atoms with Crippen LogP contribution in [0, 0.1) is 0 Å². The number of ketones is 1. The molecule has 0 spiro atoms. The van der Waals surface area contributed by atoms with Gasteiger partial charge in [0.15, 0.2) is 5.78 Å². The Labute approximate surface area is 175 Å². The molecule has 1 aliphatic heterocycles. The van der Waals surface area contributed by atoms with Crippen LogP contribution in [0.3, 0.4) is 0 Å². The third-order valence-corrected chi connectivity index (χ3v) is 5.80. The summed E-state index contributed by atoms with van der Waals surface area (Å²) in [7, 11) is 3.19. The summed E-state index contributed by atoms with van der Waals surface area (Å²) in [5.74, 6) is 0.709. The molecule has 1 saturated heterocycles. The fourth-order valence-electron chi connectivity index (χ4n) is 3.81. The van der Waals surface area contributed by atoms with Crippen LogP contribution in [0.1, 0.15) is 29.3 Å². The molecule has 0 saturated carbocycles. The van der Waals surface area contributed by atoms with E-state index in [1.54, 1.807) is 20.0 Å². The highest BCUT2D eigenvalue weighted by Crippen LogP contribution is 2.19. The van der Waals surface area contributed by atoms with E-state index in [0.717, 1.165) is 55.7 Å². The molecule has 0 atom stereocenters. The van der Waals surface area contributed by atoms with Crippen LogP contribution in [0.15, 0.2) is 33.9 Å². The van der Waals surface area contributed by atoms with E-state index < -0.39 is 0 Å². The summed E-state index contributed by atoms with van der Waals surface area (Å²) in [5, 5.41) is 0.584. The molecule has 0 radical (unpaired) electrons. The number of rotatable bonds is 6. The van der Waals surface area contributed by atoms with Crippen molar-refractivity contribution in [2.45, 2.75) is 19.8 Å². The van der Waals surface area contributed by atoms with E-state index in [0.29, 0.717) is 16.4 Å². The third-order valence-electron chi connectivity index (χ3n) is 5.57. The Balaban J connectivity index is 1.56. The van der Waals surface area contributed by atoms with Gasteiger partial charge in [0.25, 0.3) is 5.56 Å². The van der Waals surface area contributed by atoms with E-state index in [1.807, 2.05) is 12.1 Å². The maximum atomic E-state index is 12.1. The summed E-state index contributed by atoms with van der Waals surface area (Å²) in [5.41, 5.74) is 1.15. The second-order valence-corrected chi connectivity index (χ2v) is 7.97. The summed E-state index contributed by atoms with van der Waals surface area (Å²) < 4.78 is 2.65. The van der Waals surface area contributed by atoms with Crippen LogP contribution in [0.2, 0.25) is 5.02 Å². The Bertz CT molecular complexity index is 1020. The summed E-state index contributed by atoms with van der Waals surface area (Å²) in [6.45, 7) is 5.76. The third kappa shape index (κ3) is 4.79. The molecule has 0 amide bonds. The molecule has 3 rings (SSSR count). The lowest BCUT2D eigenvalue weighted by atomic mass is 10.00. The summed E-state index contributed by atoms with van der Waals surface area (Å²) >= 11 is 6.01. The maximum absolute atomic E-state index is 12.1. The van der Waals surface area contributed by atoms with Crippen molar-refractivity contribution in [3.05, 3.63) is 61.3 Å². The number of piperazine rings is 1. The topological polar surface area (TPSA) is 67.6 Å². The van der Waals surface area contributed by atoms with Crippen molar-refractivity contribution in [2.75, 3.05) is 37.6 Å². The lowest BCUT2D eigenvalue weighted by Crippen LogP contribution is -2.49. The van der Waals surface area contributed by atoms with Gasteiger partial charge in [-0.3, -0.25) is 23.6 Å². The Hall–Kier alpha value is -2.38. The van der Waals surface area contributed by atoms with E-state index in [4.69, 9.17) is 11.6 Å². The highest BCUT2D eigenvalue weighted by atomic mass is 35.5. The zero-order chi connectivity index (χ0) is 21.1. The first-order chi connectivity index (χ1) is 13.8. The van der Waals surface area contributed by atoms with Gasteiger partial charge in [-0.05, 0) is 44.0 Å².